The number of hydrogen-bond acceptors (Lipinski definition) is 3. The van der Waals surface area contributed by atoms with Gasteiger partial charge in [-0.3, -0.25) is 0 Å². The van der Waals surface area contributed by atoms with Crippen molar-refractivity contribution in [2.45, 2.75) is 6.10 Å². The molecule has 1 atom stereocenters. The van der Waals surface area contributed by atoms with Crippen LogP contribution >= 0.6 is 38.9 Å². The largest absolute Gasteiger partial charge is 0.456 e. The van der Waals surface area contributed by atoms with Crippen LogP contribution in [-0.2, 0) is 0 Å². The summed E-state index contributed by atoms with van der Waals surface area (Å²) in [5.74, 6) is 0.497. The van der Waals surface area contributed by atoms with Crippen LogP contribution in [0.3, 0.4) is 0 Å². The quantitative estimate of drug-likeness (QED) is 0.711. The van der Waals surface area contributed by atoms with Gasteiger partial charge >= 0.3 is 0 Å². The number of halogens is 2. The average Bonchev–Trinajstić information content (AvgIpc) is 2.95. The van der Waals surface area contributed by atoms with Gasteiger partial charge in [0.25, 0.3) is 0 Å². The molecule has 5 heteroatoms. The summed E-state index contributed by atoms with van der Waals surface area (Å²) in [6.45, 7) is 0. The molecule has 0 aliphatic heterocycles. The first-order chi connectivity index (χ1) is 8.66. The van der Waals surface area contributed by atoms with Gasteiger partial charge in [0.15, 0.2) is 5.58 Å². The van der Waals surface area contributed by atoms with Crippen molar-refractivity contribution >= 4 is 49.8 Å². The highest BCUT2D eigenvalue weighted by Gasteiger charge is 2.19. The van der Waals surface area contributed by atoms with E-state index in [-0.39, 0.29) is 0 Å². The standard InChI is InChI=1S/C13H8BrClO2S/c14-9-6-18-5-8(9)12(16)11-4-7-2-1-3-10(15)13(7)17-11/h1-6,12,16H. The lowest BCUT2D eigenvalue weighted by Crippen LogP contribution is -1.96. The van der Waals surface area contributed by atoms with Crippen LogP contribution in [0.1, 0.15) is 17.4 Å². The van der Waals surface area contributed by atoms with Crippen LogP contribution < -0.4 is 0 Å². The zero-order chi connectivity index (χ0) is 12.7. The van der Waals surface area contributed by atoms with Crippen molar-refractivity contribution in [1.29, 1.82) is 0 Å². The van der Waals surface area contributed by atoms with E-state index >= 15 is 0 Å². The number of furan rings is 1. The molecule has 1 N–H and O–H groups in total. The maximum Gasteiger partial charge on any atom is 0.153 e. The lowest BCUT2D eigenvalue weighted by molar-refractivity contribution is 0.192. The first-order valence-electron chi connectivity index (χ1n) is 5.24. The number of aliphatic hydroxyl groups excluding tert-OH is 1. The van der Waals surface area contributed by atoms with E-state index in [1.165, 1.54) is 11.3 Å². The van der Waals surface area contributed by atoms with Gasteiger partial charge < -0.3 is 9.52 Å². The van der Waals surface area contributed by atoms with Gasteiger partial charge in [-0.25, -0.2) is 0 Å². The van der Waals surface area contributed by atoms with Gasteiger partial charge in [-0.2, -0.15) is 11.3 Å². The second-order valence-electron chi connectivity index (χ2n) is 3.88. The molecule has 0 radical (unpaired) electrons. The number of rotatable bonds is 2. The van der Waals surface area contributed by atoms with E-state index in [9.17, 15) is 5.11 Å². The molecule has 0 bridgehead atoms. The molecule has 2 nitrogen and oxygen atoms in total. The molecule has 18 heavy (non-hydrogen) atoms. The Hall–Kier alpha value is -0.810. The molecule has 92 valence electrons. The number of benzene rings is 1. The minimum atomic E-state index is -0.783. The van der Waals surface area contributed by atoms with E-state index in [1.54, 1.807) is 6.07 Å². The van der Waals surface area contributed by atoms with E-state index in [2.05, 4.69) is 15.9 Å². The summed E-state index contributed by atoms with van der Waals surface area (Å²) in [7, 11) is 0. The number of fused-ring (bicyclic) bond motifs is 1. The highest BCUT2D eigenvalue weighted by atomic mass is 79.9. The molecule has 0 amide bonds. The Bertz CT molecular complexity index is 704. The molecule has 2 aromatic heterocycles. The van der Waals surface area contributed by atoms with Crippen LogP contribution in [-0.4, -0.2) is 5.11 Å². The molecule has 1 aromatic carbocycles. The summed E-state index contributed by atoms with van der Waals surface area (Å²) in [6.07, 6.45) is -0.783. The van der Waals surface area contributed by atoms with Gasteiger partial charge in [0.05, 0.1) is 5.02 Å². The highest BCUT2D eigenvalue weighted by molar-refractivity contribution is 9.10. The van der Waals surface area contributed by atoms with Gasteiger partial charge in [-0.1, -0.05) is 23.7 Å². The molecule has 0 aliphatic rings. The van der Waals surface area contributed by atoms with Crippen molar-refractivity contribution in [3.63, 3.8) is 0 Å². The maximum atomic E-state index is 10.3. The predicted molar refractivity (Wildman–Crippen MR) is 77.3 cm³/mol. The molecule has 0 saturated carbocycles. The fourth-order valence-electron chi connectivity index (χ4n) is 1.82. The fraction of sp³-hybridized carbons (Fsp3) is 0.0769. The lowest BCUT2D eigenvalue weighted by atomic mass is 10.1. The minimum Gasteiger partial charge on any atom is -0.456 e. The summed E-state index contributed by atoms with van der Waals surface area (Å²) in [5, 5.41) is 15.6. The fourth-order valence-corrected chi connectivity index (χ4v) is 3.57. The topological polar surface area (TPSA) is 33.4 Å². The Morgan fingerprint density at radius 2 is 2.17 bits per heavy atom. The number of para-hydroxylation sites is 1. The summed E-state index contributed by atoms with van der Waals surface area (Å²) in [6, 6.07) is 7.35. The van der Waals surface area contributed by atoms with Gasteiger partial charge in [-0.05, 0) is 33.4 Å². The molecular formula is C13H8BrClO2S. The Morgan fingerprint density at radius 1 is 1.33 bits per heavy atom. The summed E-state index contributed by atoms with van der Waals surface area (Å²) in [4.78, 5) is 0. The van der Waals surface area contributed by atoms with Crippen LogP contribution in [0, 0.1) is 0 Å². The van der Waals surface area contributed by atoms with Crippen LogP contribution in [0.2, 0.25) is 5.02 Å². The molecule has 3 rings (SSSR count). The van der Waals surface area contributed by atoms with E-state index < -0.39 is 6.10 Å². The van der Waals surface area contributed by atoms with Gasteiger partial charge in [0.2, 0.25) is 0 Å². The summed E-state index contributed by atoms with van der Waals surface area (Å²) in [5.41, 5.74) is 1.41. The first kappa shape index (κ1) is 12.2. The molecule has 3 aromatic rings. The predicted octanol–water partition coefficient (Wildman–Crippen LogP) is 4.99. The Morgan fingerprint density at radius 3 is 2.83 bits per heavy atom. The van der Waals surface area contributed by atoms with E-state index in [1.807, 2.05) is 29.0 Å². The third kappa shape index (κ3) is 1.99. The third-order valence-electron chi connectivity index (χ3n) is 2.72. The van der Waals surface area contributed by atoms with E-state index in [0.29, 0.717) is 16.4 Å². The van der Waals surface area contributed by atoms with Gasteiger partial charge in [-0.15, -0.1) is 0 Å². The Balaban J connectivity index is 2.10. The second-order valence-corrected chi connectivity index (χ2v) is 5.89. The highest BCUT2D eigenvalue weighted by Crippen LogP contribution is 2.35. The van der Waals surface area contributed by atoms with Crippen molar-refractivity contribution in [3.8, 4) is 0 Å². The first-order valence-corrected chi connectivity index (χ1v) is 7.36. The Kier molecular flexibility index (Phi) is 3.20. The van der Waals surface area contributed by atoms with Crippen molar-refractivity contribution in [2.75, 3.05) is 0 Å². The normalized spacial score (nSPS) is 13.1. The number of aliphatic hydroxyl groups is 1. The molecular weight excluding hydrogens is 336 g/mol. The monoisotopic (exact) mass is 342 g/mol. The van der Waals surface area contributed by atoms with Gasteiger partial charge in [0.1, 0.15) is 11.9 Å². The molecule has 2 heterocycles. The van der Waals surface area contributed by atoms with Gasteiger partial charge in [0, 0.05) is 20.8 Å². The Labute approximate surface area is 121 Å². The molecule has 0 spiro atoms. The smallest absolute Gasteiger partial charge is 0.153 e. The van der Waals surface area contributed by atoms with E-state index in [4.69, 9.17) is 16.0 Å². The van der Waals surface area contributed by atoms with Crippen LogP contribution in [0.5, 0.6) is 0 Å². The molecule has 0 aliphatic carbocycles. The van der Waals surface area contributed by atoms with Crippen LogP contribution in [0.4, 0.5) is 0 Å². The zero-order valence-corrected chi connectivity index (χ0v) is 12.2. The molecule has 0 fully saturated rings. The third-order valence-corrected chi connectivity index (χ3v) is 4.77. The van der Waals surface area contributed by atoms with Crippen molar-refractivity contribution in [2.24, 2.45) is 0 Å². The molecule has 1 unspecified atom stereocenters. The minimum absolute atomic E-state index is 0.497. The zero-order valence-electron chi connectivity index (χ0n) is 9.06. The lowest BCUT2D eigenvalue weighted by Gasteiger charge is -2.05. The average molecular weight is 344 g/mol. The molecule has 0 saturated heterocycles. The maximum absolute atomic E-state index is 10.3. The van der Waals surface area contributed by atoms with Crippen molar-refractivity contribution in [3.05, 3.63) is 55.8 Å². The SMILES string of the molecule is OC(c1cc2cccc(Cl)c2o1)c1cscc1Br. The van der Waals surface area contributed by atoms with Crippen LogP contribution in [0.15, 0.2) is 43.9 Å². The second kappa shape index (κ2) is 4.70. The van der Waals surface area contributed by atoms with Crippen LogP contribution in [0.25, 0.3) is 11.0 Å². The number of hydrogen-bond donors (Lipinski definition) is 1. The van der Waals surface area contributed by atoms with E-state index in [0.717, 1.165) is 15.4 Å². The summed E-state index contributed by atoms with van der Waals surface area (Å²) >= 11 is 11.0. The van der Waals surface area contributed by atoms with Crippen molar-refractivity contribution in [1.82, 2.24) is 0 Å². The number of thiophene rings is 1. The van der Waals surface area contributed by atoms with Crippen molar-refractivity contribution < 1.29 is 9.52 Å². The summed E-state index contributed by atoms with van der Waals surface area (Å²) < 4.78 is 6.52.